The lowest BCUT2D eigenvalue weighted by atomic mass is 10.0. The summed E-state index contributed by atoms with van der Waals surface area (Å²) in [6, 6.07) is 0.260. The molecule has 0 spiro atoms. The van der Waals surface area contributed by atoms with Gasteiger partial charge in [0.25, 0.3) is 0 Å². The number of rotatable bonds is 5. The molecule has 9 nitrogen and oxygen atoms in total. The van der Waals surface area contributed by atoms with Gasteiger partial charge in [-0.05, 0) is 24.7 Å². The minimum atomic E-state index is 0.246. The van der Waals surface area contributed by atoms with Gasteiger partial charge in [0.05, 0.1) is 18.5 Å². The summed E-state index contributed by atoms with van der Waals surface area (Å²) in [5.41, 5.74) is 1.21. The first-order chi connectivity index (χ1) is 13.6. The van der Waals surface area contributed by atoms with Gasteiger partial charge in [0.2, 0.25) is 17.5 Å². The Hall–Kier alpha value is -3.15. The van der Waals surface area contributed by atoms with Gasteiger partial charge in [0.15, 0.2) is 0 Å². The number of aryl methyl sites for hydroxylation is 1. The molecule has 0 aromatic carbocycles. The molecule has 0 bridgehead atoms. The summed E-state index contributed by atoms with van der Waals surface area (Å²) in [7, 11) is 1.84. The molecule has 4 rings (SSSR count). The molecule has 3 heterocycles. The number of nitrogens with zero attached hydrogens (tertiary/aromatic N) is 6. The molecule has 2 aromatic rings. The third-order valence-corrected chi connectivity index (χ3v) is 5.60. The summed E-state index contributed by atoms with van der Waals surface area (Å²) >= 11 is 0. The summed E-state index contributed by atoms with van der Waals surface area (Å²) in [5, 5.41) is 10.7. The van der Waals surface area contributed by atoms with Crippen LogP contribution in [0.25, 0.3) is 4.85 Å². The van der Waals surface area contributed by atoms with Gasteiger partial charge in [0, 0.05) is 45.0 Å². The first kappa shape index (κ1) is 18.2. The van der Waals surface area contributed by atoms with Crippen molar-refractivity contribution in [1.82, 2.24) is 24.6 Å². The minimum Gasteiger partial charge on any atom is -0.376 e. The van der Waals surface area contributed by atoms with E-state index in [1.165, 1.54) is 0 Å². The Kier molecular flexibility index (Phi) is 4.86. The maximum absolute atomic E-state index is 11.9. The molecule has 1 aliphatic carbocycles. The van der Waals surface area contributed by atoms with E-state index >= 15 is 0 Å². The molecule has 1 saturated carbocycles. The van der Waals surface area contributed by atoms with Crippen LogP contribution in [0.1, 0.15) is 26.2 Å². The van der Waals surface area contributed by atoms with Crippen LogP contribution < -0.4 is 10.6 Å². The van der Waals surface area contributed by atoms with Crippen LogP contribution in [-0.4, -0.2) is 49.7 Å². The minimum absolute atomic E-state index is 0.246. The summed E-state index contributed by atoms with van der Waals surface area (Å²) in [6.07, 6.45) is 7.62. The molecule has 2 N–H and O–H groups in total. The number of anilines is 3. The zero-order valence-corrected chi connectivity index (χ0v) is 16.1. The summed E-state index contributed by atoms with van der Waals surface area (Å²) < 4.78 is 1.69. The van der Waals surface area contributed by atoms with Gasteiger partial charge in [-0.2, -0.15) is 5.10 Å². The molecule has 1 saturated heterocycles. The second-order valence-corrected chi connectivity index (χ2v) is 7.55. The standard InChI is InChI=1S/C19H24N8O/c1-4-17(28)27-9-12-5-14(6-13(12)10-27)23-18-16(20-2)8-21-19(25-18)24-15-7-22-26(3)11-15/h7-8,11-14H,4-6,9-10H2,1,3H3,(H2,21,23,24,25). The molecule has 2 aliphatic rings. The molecule has 0 radical (unpaired) electrons. The van der Waals surface area contributed by atoms with Gasteiger partial charge in [-0.15, -0.1) is 0 Å². The average Bonchev–Trinajstić information content (AvgIpc) is 3.36. The number of nitrogens with one attached hydrogen (secondary N) is 2. The molecule has 9 heteroatoms. The van der Waals surface area contributed by atoms with Crippen molar-refractivity contribution in [3.05, 3.63) is 30.0 Å². The van der Waals surface area contributed by atoms with Crippen molar-refractivity contribution >= 4 is 29.0 Å². The maximum atomic E-state index is 11.9. The van der Waals surface area contributed by atoms with Crippen LogP contribution >= 0.6 is 0 Å². The van der Waals surface area contributed by atoms with Crippen LogP contribution in [0.5, 0.6) is 0 Å². The normalized spacial score (nSPS) is 23.3. The lowest BCUT2D eigenvalue weighted by molar-refractivity contribution is -0.130. The van der Waals surface area contributed by atoms with Gasteiger partial charge < -0.3 is 15.5 Å². The first-order valence-corrected chi connectivity index (χ1v) is 9.60. The van der Waals surface area contributed by atoms with E-state index < -0.39 is 0 Å². The van der Waals surface area contributed by atoms with Gasteiger partial charge in [-0.3, -0.25) is 9.48 Å². The Bertz CT molecular complexity index is 903. The maximum Gasteiger partial charge on any atom is 0.246 e. The van der Waals surface area contributed by atoms with Crippen molar-refractivity contribution in [3.63, 3.8) is 0 Å². The Labute approximate surface area is 164 Å². The number of hydrogen-bond donors (Lipinski definition) is 2. The van der Waals surface area contributed by atoms with Gasteiger partial charge >= 0.3 is 0 Å². The molecule has 2 atom stereocenters. The molecule has 1 aliphatic heterocycles. The van der Waals surface area contributed by atoms with Crippen LogP contribution in [0.15, 0.2) is 18.6 Å². The van der Waals surface area contributed by atoms with Crippen molar-refractivity contribution < 1.29 is 4.79 Å². The van der Waals surface area contributed by atoms with E-state index in [9.17, 15) is 4.79 Å². The van der Waals surface area contributed by atoms with Crippen LogP contribution in [0.2, 0.25) is 0 Å². The van der Waals surface area contributed by atoms with E-state index in [-0.39, 0.29) is 11.9 Å². The van der Waals surface area contributed by atoms with Crippen molar-refractivity contribution in [3.8, 4) is 0 Å². The van der Waals surface area contributed by atoms with Crippen molar-refractivity contribution in [2.75, 3.05) is 23.7 Å². The van der Waals surface area contributed by atoms with E-state index in [4.69, 9.17) is 6.57 Å². The molecule has 28 heavy (non-hydrogen) atoms. The Morgan fingerprint density at radius 1 is 1.32 bits per heavy atom. The van der Waals surface area contributed by atoms with Crippen molar-refractivity contribution in [2.24, 2.45) is 18.9 Å². The topological polar surface area (TPSA) is 92.3 Å². The fraction of sp³-hybridized carbons (Fsp3) is 0.526. The third kappa shape index (κ3) is 3.63. The fourth-order valence-electron chi connectivity index (χ4n) is 4.28. The Morgan fingerprint density at radius 2 is 2.07 bits per heavy atom. The SMILES string of the molecule is [C-]#[N+]c1cnc(Nc2cnn(C)c2)nc1NC1CC2CN(C(=O)CC)CC2C1. The van der Waals surface area contributed by atoms with E-state index in [0.717, 1.165) is 31.6 Å². The van der Waals surface area contributed by atoms with Crippen LogP contribution in [0.4, 0.5) is 23.1 Å². The smallest absolute Gasteiger partial charge is 0.246 e. The number of carbonyl (C=O) groups is 1. The molecule has 1 amide bonds. The second kappa shape index (κ2) is 7.46. The number of carbonyl (C=O) groups excluding carboxylic acids is 1. The van der Waals surface area contributed by atoms with E-state index in [1.807, 2.05) is 25.1 Å². The van der Waals surface area contributed by atoms with Crippen molar-refractivity contribution in [1.29, 1.82) is 0 Å². The van der Waals surface area contributed by atoms with Gasteiger partial charge in [-0.25, -0.2) is 14.8 Å². The molecule has 2 aromatic heterocycles. The lowest BCUT2D eigenvalue weighted by Crippen LogP contribution is -2.30. The highest BCUT2D eigenvalue weighted by Gasteiger charge is 2.42. The highest BCUT2D eigenvalue weighted by molar-refractivity contribution is 5.76. The van der Waals surface area contributed by atoms with Crippen LogP contribution in [-0.2, 0) is 11.8 Å². The molecule has 2 fully saturated rings. The number of aromatic nitrogens is 4. The molecule has 2 unspecified atom stereocenters. The number of amides is 1. The van der Waals surface area contributed by atoms with Crippen LogP contribution in [0, 0.1) is 18.4 Å². The average molecular weight is 380 g/mol. The zero-order chi connectivity index (χ0) is 19.7. The predicted octanol–water partition coefficient (Wildman–Crippen LogP) is 2.56. The Morgan fingerprint density at radius 3 is 2.68 bits per heavy atom. The van der Waals surface area contributed by atoms with Gasteiger partial charge in [-0.1, -0.05) is 6.92 Å². The first-order valence-electron chi connectivity index (χ1n) is 9.60. The third-order valence-electron chi connectivity index (χ3n) is 5.60. The summed E-state index contributed by atoms with van der Waals surface area (Å²) in [4.78, 5) is 26.2. The largest absolute Gasteiger partial charge is 0.376 e. The highest BCUT2D eigenvalue weighted by Crippen LogP contribution is 2.40. The van der Waals surface area contributed by atoms with E-state index in [1.54, 1.807) is 17.1 Å². The molecular formula is C19H24N8O. The number of likely N-dealkylation sites (tertiary alicyclic amines) is 1. The zero-order valence-electron chi connectivity index (χ0n) is 16.1. The quantitative estimate of drug-likeness (QED) is 0.775. The molecular weight excluding hydrogens is 356 g/mol. The number of hydrogen-bond acceptors (Lipinski definition) is 6. The highest BCUT2D eigenvalue weighted by atomic mass is 16.2. The predicted molar refractivity (Wildman–Crippen MR) is 105 cm³/mol. The summed E-state index contributed by atoms with van der Waals surface area (Å²) in [5.74, 6) is 2.29. The van der Waals surface area contributed by atoms with Crippen LogP contribution in [0.3, 0.4) is 0 Å². The van der Waals surface area contributed by atoms with Gasteiger partial charge in [0.1, 0.15) is 5.82 Å². The fourth-order valence-corrected chi connectivity index (χ4v) is 4.28. The van der Waals surface area contributed by atoms with Crippen molar-refractivity contribution in [2.45, 2.75) is 32.2 Å². The van der Waals surface area contributed by atoms with E-state index in [2.05, 4.69) is 30.5 Å². The summed E-state index contributed by atoms with van der Waals surface area (Å²) in [6.45, 7) is 11.0. The second-order valence-electron chi connectivity index (χ2n) is 7.55. The number of fused-ring (bicyclic) bond motifs is 1. The Balaban J connectivity index is 1.43. The monoisotopic (exact) mass is 380 g/mol. The molecule has 146 valence electrons. The lowest BCUT2D eigenvalue weighted by Gasteiger charge is -2.20. The van der Waals surface area contributed by atoms with E-state index in [0.29, 0.717) is 35.7 Å².